The van der Waals surface area contributed by atoms with Gasteiger partial charge in [-0.15, -0.1) is 0 Å². The molecule has 0 spiro atoms. The van der Waals surface area contributed by atoms with Gasteiger partial charge in [-0.2, -0.15) is 13.2 Å². The number of alkyl halides is 3. The van der Waals surface area contributed by atoms with Crippen molar-refractivity contribution in [1.29, 1.82) is 0 Å². The highest BCUT2D eigenvalue weighted by Crippen LogP contribution is 2.21. The van der Waals surface area contributed by atoms with Crippen LogP contribution < -0.4 is 5.32 Å². The predicted molar refractivity (Wildman–Crippen MR) is 46.7 cm³/mol. The fourth-order valence-corrected chi connectivity index (χ4v) is 0.946. The van der Waals surface area contributed by atoms with E-state index in [1.165, 1.54) is 6.92 Å². The van der Waals surface area contributed by atoms with Gasteiger partial charge in [0, 0.05) is 6.04 Å². The molecule has 8 heteroatoms. The van der Waals surface area contributed by atoms with Crippen LogP contribution in [0.5, 0.6) is 0 Å². The molecule has 94 valence electrons. The molecule has 2 N–H and O–H groups in total. The number of halogens is 3. The number of carbonyl (C=O) groups is 2. The van der Waals surface area contributed by atoms with E-state index in [-0.39, 0.29) is 0 Å². The maximum Gasteiger partial charge on any atom is 0.391 e. The van der Waals surface area contributed by atoms with Crippen LogP contribution in [-0.2, 0) is 14.3 Å². The van der Waals surface area contributed by atoms with Gasteiger partial charge in [-0.05, 0) is 6.92 Å². The molecule has 0 radical (unpaired) electrons. The van der Waals surface area contributed by atoms with Gasteiger partial charge in [0.05, 0.1) is 6.42 Å². The summed E-state index contributed by atoms with van der Waals surface area (Å²) in [5.41, 5.74) is 0. The lowest BCUT2D eigenvalue weighted by Crippen LogP contribution is -2.38. The molecule has 1 atom stereocenters. The number of amides is 1. The molecule has 0 aliphatic rings. The monoisotopic (exact) mass is 243 g/mol. The van der Waals surface area contributed by atoms with E-state index in [1.54, 1.807) is 0 Å². The van der Waals surface area contributed by atoms with Crippen LogP contribution >= 0.6 is 0 Å². The highest BCUT2D eigenvalue weighted by Gasteiger charge is 2.30. The maximum absolute atomic E-state index is 11.9. The quantitative estimate of drug-likeness (QED) is 0.714. The van der Waals surface area contributed by atoms with Crippen LogP contribution in [0.25, 0.3) is 0 Å². The van der Waals surface area contributed by atoms with Crippen LogP contribution in [0.3, 0.4) is 0 Å². The number of rotatable bonds is 6. The standard InChI is InChI=1S/C8H12F3NO4/c1-5(2-8(9,10)11)12-6(13)3-16-4-7(14)15/h5H,2-4H2,1H3,(H,12,13)(H,14,15). The van der Waals surface area contributed by atoms with Gasteiger partial charge in [0.2, 0.25) is 5.91 Å². The third-order valence-corrected chi connectivity index (χ3v) is 1.40. The van der Waals surface area contributed by atoms with Crippen molar-refractivity contribution in [2.75, 3.05) is 13.2 Å². The average molecular weight is 243 g/mol. The largest absolute Gasteiger partial charge is 0.480 e. The van der Waals surface area contributed by atoms with Crippen molar-refractivity contribution >= 4 is 11.9 Å². The van der Waals surface area contributed by atoms with Crippen molar-refractivity contribution in [1.82, 2.24) is 5.32 Å². The van der Waals surface area contributed by atoms with Crippen LogP contribution in [0, 0.1) is 0 Å². The molecule has 1 amide bonds. The molecule has 0 aliphatic heterocycles. The minimum atomic E-state index is -4.35. The Hall–Kier alpha value is -1.31. The Balaban J connectivity index is 3.74. The second kappa shape index (κ2) is 6.31. The Bertz CT molecular complexity index is 254. The Morgan fingerprint density at radius 2 is 1.94 bits per heavy atom. The van der Waals surface area contributed by atoms with E-state index in [2.05, 4.69) is 4.74 Å². The molecule has 0 bridgehead atoms. The van der Waals surface area contributed by atoms with Crippen molar-refractivity contribution in [2.24, 2.45) is 0 Å². The Morgan fingerprint density at radius 1 is 1.38 bits per heavy atom. The number of carbonyl (C=O) groups excluding carboxylic acids is 1. The summed E-state index contributed by atoms with van der Waals surface area (Å²) in [5.74, 6) is -2.03. The lowest BCUT2D eigenvalue weighted by atomic mass is 10.2. The zero-order valence-electron chi connectivity index (χ0n) is 8.50. The number of aliphatic carboxylic acids is 1. The SMILES string of the molecule is CC(CC(F)(F)F)NC(=O)COCC(=O)O. The van der Waals surface area contributed by atoms with Crippen LogP contribution in [-0.4, -0.2) is 42.4 Å². The first-order valence-electron chi connectivity index (χ1n) is 4.36. The molecule has 0 fully saturated rings. The molecule has 0 heterocycles. The van der Waals surface area contributed by atoms with E-state index in [9.17, 15) is 22.8 Å². The molecule has 0 saturated heterocycles. The summed E-state index contributed by atoms with van der Waals surface area (Å²) >= 11 is 0. The number of ether oxygens (including phenoxy) is 1. The molecule has 1 unspecified atom stereocenters. The summed E-state index contributed by atoms with van der Waals surface area (Å²) < 4.78 is 40.0. The van der Waals surface area contributed by atoms with Crippen LogP contribution in [0.1, 0.15) is 13.3 Å². The van der Waals surface area contributed by atoms with E-state index < -0.39 is 43.7 Å². The highest BCUT2D eigenvalue weighted by molar-refractivity contribution is 5.78. The van der Waals surface area contributed by atoms with Crippen LogP contribution in [0.4, 0.5) is 13.2 Å². The zero-order chi connectivity index (χ0) is 12.8. The Labute approximate surface area is 89.6 Å². The molecule has 16 heavy (non-hydrogen) atoms. The maximum atomic E-state index is 11.9. The topological polar surface area (TPSA) is 75.6 Å². The second-order valence-electron chi connectivity index (χ2n) is 3.17. The first-order chi connectivity index (χ1) is 7.20. The molecule has 0 aromatic rings. The molecule has 0 saturated carbocycles. The number of hydrogen-bond donors (Lipinski definition) is 2. The van der Waals surface area contributed by atoms with Gasteiger partial charge in [0.1, 0.15) is 13.2 Å². The van der Waals surface area contributed by atoms with Crippen molar-refractivity contribution < 1.29 is 32.6 Å². The second-order valence-corrected chi connectivity index (χ2v) is 3.17. The molecule has 5 nitrogen and oxygen atoms in total. The smallest absolute Gasteiger partial charge is 0.391 e. The Kier molecular flexibility index (Phi) is 5.79. The molecule has 0 aromatic carbocycles. The van der Waals surface area contributed by atoms with Gasteiger partial charge in [-0.25, -0.2) is 4.79 Å². The lowest BCUT2D eigenvalue weighted by molar-refractivity contribution is -0.144. The summed E-state index contributed by atoms with van der Waals surface area (Å²) in [7, 11) is 0. The third-order valence-electron chi connectivity index (χ3n) is 1.40. The first-order valence-corrected chi connectivity index (χ1v) is 4.36. The van der Waals surface area contributed by atoms with E-state index in [0.29, 0.717) is 0 Å². The van der Waals surface area contributed by atoms with Crippen LogP contribution in [0.2, 0.25) is 0 Å². The highest BCUT2D eigenvalue weighted by atomic mass is 19.4. The third kappa shape index (κ3) is 9.25. The van der Waals surface area contributed by atoms with Crippen molar-refractivity contribution in [3.63, 3.8) is 0 Å². The molecular weight excluding hydrogens is 231 g/mol. The summed E-state index contributed by atoms with van der Waals surface area (Å²) in [6.45, 7) is -0.0435. The summed E-state index contributed by atoms with van der Waals surface area (Å²) in [6.07, 6.45) is -5.49. The van der Waals surface area contributed by atoms with E-state index >= 15 is 0 Å². The van der Waals surface area contributed by atoms with Gasteiger partial charge in [-0.1, -0.05) is 0 Å². The predicted octanol–water partition coefficient (Wildman–Crippen LogP) is 0.545. The molecule has 0 aromatic heterocycles. The number of carboxylic acids is 1. The summed E-state index contributed by atoms with van der Waals surface area (Å²) in [4.78, 5) is 20.9. The molecular formula is C8H12F3NO4. The normalized spacial score (nSPS) is 13.2. The van der Waals surface area contributed by atoms with Gasteiger partial charge in [-0.3, -0.25) is 4.79 Å². The van der Waals surface area contributed by atoms with Crippen molar-refractivity contribution in [3.8, 4) is 0 Å². The summed E-state index contributed by atoms with van der Waals surface area (Å²) in [6, 6.07) is -1.07. The van der Waals surface area contributed by atoms with Crippen LogP contribution in [0.15, 0.2) is 0 Å². The van der Waals surface area contributed by atoms with E-state index in [0.717, 1.165) is 0 Å². The molecule has 0 aliphatic carbocycles. The fourth-order valence-electron chi connectivity index (χ4n) is 0.946. The lowest BCUT2D eigenvalue weighted by Gasteiger charge is -2.15. The van der Waals surface area contributed by atoms with Gasteiger partial charge in [0.25, 0.3) is 0 Å². The van der Waals surface area contributed by atoms with Gasteiger partial charge < -0.3 is 15.2 Å². The van der Waals surface area contributed by atoms with E-state index in [1.807, 2.05) is 5.32 Å². The minimum absolute atomic E-state index is 0.575. The first kappa shape index (κ1) is 14.7. The van der Waals surface area contributed by atoms with Gasteiger partial charge >= 0.3 is 12.1 Å². The number of carboxylic acid groups (broad SMARTS) is 1. The van der Waals surface area contributed by atoms with Crippen molar-refractivity contribution in [3.05, 3.63) is 0 Å². The van der Waals surface area contributed by atoms with Gasteiger partial charge in [0.15, 0.2) is 0 Å². The minimum Gasteiger partial charge on any atom is -0.480 e. The number of hydrogen-bond acceptors (Lipinski definition) is 3. The van der Waals surface area contributed by atoms with E-state index in [4.69, 9.17) is 5.11 Å². The van der Waals surface area contributed by atoms with Crippen molar-refractivity contribution in [2.45, 2.75) is 25.6 Å². The Morgan fingerprint density at radius 3 is 2.38 bits per heavy atom. The number of nitrogens with one attached hydrogen (secondary N) is 1. The average Bonchev–Trinajstić information content (AvgIpc) is 1.98. The summed E-state index contributed by atoms with van der Waals surface area (Å²) in [5, 5.41) is 10.2. The zero-order valence-corrected chi connectivity index (χ0v) is 8.50. The fraction of sp³-hybridized carbons (Fsp3) is 0.750. The molecule has 0 rings (SSSR count).